The fraction of sp³-hybridized carbons (Fsp3) is 0.438. The number of nitrogens with zero attached hydrogens (tertiary/aromatic N) is 3. The molecule has 122 valence electrons. The molecular weight excluding hydrogens is 330 g/mol. The molecule has 1 saturated carbocycles. The van der Waals surface area contributed by atoms with Gasteiger partial charge in [-0.2, -0.15) is 0 Å². The Bertz CT molecular complexity index is 668. The molecule has 0 aliphatic heterocycles. The molecule has 0 spiro atoms. The van der Waals surface area contributed by atoms with Crippen LogP contribution in [0.3, 0.4) is 0 Å². The fourth-order valence-electron chi connectivity index (χ4n) is 2.10. The molecule has 1 fully saturated rings. The molecule has 1 aliphatic carbocycles. The van der Waals surface area contributed by atoms with Crippen molar-refractivity contribution in [3.63, 3.8) is 0 Å². The number of aromatic nitrogens is 2. The number of carbonyl (C=O) groups is 1. The number of hydrogen-bond acceptors (Lipinski definition) is 6. The zero-order chi connectivity index (χ0) is 16.2. The van der Waals surface area contributed by atoms with E-state index in [9.17, 15) is 4.79 Å². The van der Waals surface area contributed by atoms with Crippen LogP contribution in [0.2, 0.25) is 0 Å². The lowest BCUT2D eigenvalue weighted by Crippen LogP contribution is -2.27. The maximum absolute atomic E-state index is 12.2. The predicted molar refractivity (Wildman–Crippen MR) is 91.7 cm³/mol. The molecule has 0 unspecified atom stereocenters. The van der Waals surface area contributed by atoms with Crippen LogP contribution in [0, 0.1) is 0 Å². The topological polar surface area (TPSA) is 59.2 Å². The van der Waals surface area contributed by atoms with Crippen molar-refractivity contribution in [2.24, 2.45) is 0 Å². The Morgan fingerprint density at radius 1 is 1.30 bits per heavy atom. The van der Waals surface area contributed by atoms with E-state index >= 15 is 0 Å². The number of amides is 1. The second kappa shape index (κ2) is 7.40. The molecule has 1 aromatic carbocycles. The second-order valence-electron chi connectivity index (χ2n) is 5.57. The molecule has 23 heavy (non-hydrogen) atoms. The zero-order valence-electron chi connectivity index (χ0n) is 13.2. The molecule has 1 heterocycles. The van der Waals surface area contributed by atoms with Gasteiger partial charge >= 0.3 is 0 Å². The Labute approximate surface area is 144 Å². The van der Waals surface area contributed by atoms with Gasteiger partial charge < -0.3 is 9.32 Å². The van der Waals surface area contributed by atoms with E-state index in [4.69, 9.17) is 4.42 Å². The largest absolute Gasteiger partial charge is 0.416 e. The summed E-state index contributed by atoms with van der Waals surface area (Å²) in [5.41, 5.74) is 1.12. The first-order valence-electron chi connectivity index (χ1n) is 7.49. The van der Waals surface area contributed by atoms with Gasteiger partial charge in [0.2, 0.25) is 11.8 Å². The lowest BCUT2D eigenvalue weighted by Gasteiger charge is -2.16. The third kappa shape index (κ3) is 4.51. The van der Waals surface area contributed by atoms with Gasteiger partial charge in [0.25, 0.3) is 5.22 Å². The molecule has 1 aliphatic rings. The van der Waals surface area contributed by atoms with Crippen molar-refractivity contribution < 1.29 is 9.21 Å². The van der Waals surface area contributed by atoms with Crippen molar-refractivity contribution in [3.05, 3.63) is 35.7 Å². The van der Waals surface area contributed by atoms with Crippen LogP contribution in [0.1, 0.15) is 30.2 Å². The van der Waals surface area contributed by atoms with Crippen molar-refractivity contribution >= 4 is 29.4 Å². The Morgan fingerprint density at radius 2 is 2.04 bits per heavy atom. The Kier molecular flexibility index (Phi) is 5.27. The average molecular weight is 349 g/mol. The molecule has 0 radical (unpaired) electrons. The Balaban J connectivity index is 1.48. The van der Waals surface area contributed by atoms with Crippen LogP contribution in [-0.4, -0.2) is 40.1 Å². The lowest BCUT2D eigenvalue weighted by molar-refractivity contribution is -0.127. The standard InChI is InChI=1S/C16H19N3O2S2/c1-19(9-11-3-7-13(22-2)8-4-11)14(20)10-23-16-18-17-15(21-16)12-5-6-12/h3-4,7-8,12H,5-6,9-10H2,1-2H3. The Morgan fingerprint density at radius 3 is 2.70 bits per heavy atom. The van der Waals surface area contributed by atoms with Gasteiger partial charge in [-0.3, -0.25) is 4.79 Å². The number of benzene rings is 1. The van der Waals surface area contributed by atoms with E-state index in [2.05, 4.69) is 34.5 Å². The monoisotopic (exact) mass is 349 g/mol. The quantitative estimate of drug-likeness (QED) is 0.714. The second-order valence-corrected chi connectivity index (χ2v) is 7.37. The van der Waals surface area contributed by atoms with Crippen LogP contribution >= 0.6 is 23.5 Å². The minimum atomic E-state index is 0.0510. The SMILES string of the molecule is CSc1ccc(CN(C)C(=O)CSc2nnc(C3CC3)o2)cc1. The van der Waals surface area contributed by atoms with Crippen molar-refractivity contribution in [2.45, 2.75) is 35.4 Å². The van der Waals surface area contributed by atoms with Crippen molar-refractivity contribution in [1.82, 2.24) is 15.1 Å². The first-order chi connectivity index (χ1) is 11.2. The van der Waals surface area contributed by atoms with Gasteiger partial charge in [-0.05, 0) is 36.8 Å². The van der Waals surface area contributed by atoms with Crippen LogP contribution in [0.4, 0.5) is 0 Å². The first-order valence-corrected chi connectivity index (χ1v) is 9.70. The summed E-state index contributed by atoms with van der Waals surface area (Å²) in [6.45, 7) is 0.602. The molecule has 1 amide bonds. The zero-order valence-corrected chi connectivity index (χ0v) is 14.8. The van der Waals surface area contributed by atoms with E-state index in [-0.39, 0.29) is 5.91 Å². The van der Waals surface area contributed by atoms with E-state index in [0.29, 0.717) is 29.3 Å². The highest BCUT2D eigenvalue weighted by molar-refractivity contribution is 7.99. The molecule has 3 rings (SSSR count). The van der Waals surface area contributed by atoms with E-state index in [1.807, 2.05) is 13.3 Å². The molecule has 2 aromatic rings. The molecule has 0 N–H and O–H groups in total. The van der Waals surface area contributed by atoms with Gasteiger partial charge in [0.15, 0.2) is 0 Å². The predicted octanol–water partition coefficient (Wildman–Crippen LogP) is 3.42. The summed E-state index contributed by atoms with van der Waals surface area (Å²) in [5.74, 6) is 1.52. The highest BCUT2D eigenvalue weighted by Gasteiger charge is 2.29. The average Bonchev–Trinajstić information content (AvgIpc) is 3.32. The summed E-state index contributed by atoms with van der Waals surface area (Å²) in [7, 11) is 1.81. The first kappa shape index (κ1) is 16.4. The third-order valence-corrected chi connectivity index (χ3v) is 5.22. The molecule has 7 heteroatoms. The van der Waals surface area contributed by atoms with Crippen LogP contribution < -0.4 is 0 Å². The summed E-state index contributed by atoms with van der Waals surface area (Å²) < 4.78 is 5.55. The highest BCUT2D eigenvalue weighted by atomic mass is 32.2. The summed E-state index contributed by atoms with van der Waals surface area (Å²) in [4.78, 5) is 15.2. The number of carbonyl (C=O) groups excluding carboxylic acids is 1. The summed E-state index contributed by atoms with van der Waals surface area (Å²) in [5, 5.41) is 8.49. The Hall–Kier alpha value is -1.47. The summed E-state index contributed by atoms with van der Waals surface area (Å²) in [6.07, 6.45) is 4.31. The minimum Gasteiger partial charge on any atom is -0.416 e. The van der Waals surface area contributed by atoms with E-state index in [1.54, 1.807) is 16.7 Å². The van der Waals surface area contributed by atoms with Gasteiger partial charge in [-0.15, -0.1) is 22.0 Å². The van der Waals surface area contributed by atoms with Crippen LogP contribution in [-0.2, 0) is 11.3 Å². The summed E-state index contributed by atoms with van der Waals surface area (Å²) in [6, 6.07) is 8.27. The normalized spacial score (nSPS) is 14.0. The van der Waals surface area contributed by atoms with Gasteiger partial charge in [0.05, 0.1) is 5.75 Å². The van der Waals surface area contributed by atoms with Gasteiger partial charge in [-0.25, -0.2) is 0 Å². The third-order valence-electron chi connectivity index (χ3n) is 3.67. The molecule has 1 aromatic heterocycles. The summed E-state index contributed by atoms with van der Waals surface area (Å²) >= 11 is 3.01. The number of rotatable bonds is 7. The van der Waals surface area contributed by atoms with Crippen molar-refractivity contribution in [1.29, 1.82) is 0 Å². The van der Waals surface area contributed by atoms with E-state index < -0.39 is 0 Å². The molecular formula is C16H19N3O2S2. The minimum absolute atomic E-state index is 0.0510. The van der Waals surface area contributed by atoms with Crippen molar-refractivity contribution in [2.75, 3.05) is 19.1 Å². The number of hydrogen-bond donors (Lipinski definition) is 0. The van der Waals surface area contributed by atoms with E-state index in [0.717, 1.165) is 18.4 Å². The molecule has 0 atom stereocenters. The molecule has 0 saturated heterocycles. The maximum atomic E-state index is 12.2. The lowest BCUT2D eigenvalue weighted by atomic mass is 10.2. The van der Waals surface area contributed by atoms with Crippen LogP contribution in [0.5, 0.6) is 0 Å². The van der Waals surface area contributed by atoms with Crippen molar-refractivity contribution in [3.8, 4) is 0 Å². The molecule has 0 bridgehead atoms. The van der Waals surface area contributed by atoms with Gasteiger partial charge in [0, 0.05) is 24.4 Å². The van der Waals surface area contributed by atoms with Gasteiger partial charge in [0.1, 0.15) is 0 Å². The van der Waals surface area contributed by atoms with E-state index in [1.165, 1.54) is 16.7 Å². The molecule has 5 nitrogen and oxygen atoms in total. The van der Waals surface area contributed by atoms with Gasteiger partial charge in [-0.1, -0.05) is 23.9 Å². The van der Waals surface area contributed by atoms with Crippen LogP contribution in [0.15, 0.2) is 38.8 Å². The maximum Gasteiger partial charge on any atom is 0.277 e. The smallest absolute Gasteiger partial charge is 0.277 e. The highest BCUT2D eigenvalue weighted by Crippen LogP contribution is 2.39. The van der Waals surface area contributed by atoms with Crippen LogP contribution in [0.25, 0.3) is 0 Å². The number of thioether (sulfide) groups is 2. The fourth-order valence-corrected chi connectivity index (χ4v) is 3.22.